The highest BCUT2D eigenvalue weighted by molar-refractivity contribution is 5.97. The first-order valence-electron chi connectivity index (χ1n) is 11.5. The van der Waals surface area contributed by atoms with Crippen LogP contribution < -0.4 is 11.6 Å². The minimum Gasteiger partial charge on any atom is -0.382 e. The van der Waals surface area contributed by atoms with E-state index in [2.05, 4.69) is 71.4 Å². The van der Waals surface area contributed by atoms with Gasteiger partial charge in [0, 0.05) is 41.7 Å². The van der Waals surface area contributed by atoms with Gasteiger partial charge in [-0.05, 0) is 72.9 Å². The number of hydrazone groups is 1. The highest BCUT2D eigenvalue weighted by Crippen LogP contribution is 2.46. The fourth-order valence-electron chi connectivity index (χ4n) is 5.52. The number of amidine groups is 1. The third-order valence-corrected chi connectivity index (χ3v) is 7.41. The molecule has 1 saturated heterocycles. The monoisotopic (exact) mass is 415 g/mol. The van der Waals surface area contributed by atoms with E-state index in [1.54, 1.807) is 11.1 Å². The molecule has 0 spiro atoms. The molecule has 5 nitrogen and oxygen atoms in total. The molecular formula is C26H33N5. The summed E-state index contributed by atoms with van der Waals surface area (Å²) in [5.41, 5.74) is 14.0. The fraction of sp³-hybridized carbons (Fsp3) is 0.423. The van der Waals surface area contributed by atoms with E-state index in [4.69, 9.17) is 11.6 Å². The molecule has 2 fully saturated rings. The fourth-order valence-corrected chi connectivity index (χ4v) is 5.52. The lowest BCUT2D eigenvalue weighted by molar-refractivity contribution is 0.341. The van der Waals surface area contributed by atoms with Crippen LogP contribution >= 0.6 is 0 Å². The van der Waals surface area contributed by atoms with Crippen LogP contribution in [0.2, 0.25) is 0 Å². The molecule has 3 aromatic rings. The lowest BCUT2D eigenvalue weighted by atomic mass is 9.82. The minimum absolute atomic E-state index is 0.383. The lowest BCUT2D eigenvalue weighted by Gasteiger charge is -2.22. The van der Waals surface area contributed by atoms with Crippen LogP contribution in [-0.4, -0.2) is 35.4 Å². The average Bonchev–Trinajstić information content (AvgIpc) is 3.36. The Morgan fingerprint density at radius 3 is 2.61 bits per heavy atom. The van der Waals surface area contributed by atoms with Crippen LogP contribution in [0.15, 0.2) is 47.7 Å². The van der Waals surface area contributed by atoms with E-state index in [0.717, 1.165) is 37.5 Å². The summed E-state index contributed by atoms with van der Waals surface area (Å²) in [6, 6.07) is 13.3. The zero-order valence-corrected chi connectivity index (χ0v) is 18.6. The number of hydrogen-bond donors (Lipinski definition) is 3. The summed E-state index contributed by atoms with van der Waals surface area (Å²) in [6.45, 7) is 7.87. The first-order chi connectivity index (χ1) is 15.1. The van der Waals surface area contributed by atoms with Gasteiger partial charge in [-0.25, -0.2) is 0 Å². The van der Waals surface area contributed by atoms with Crippen molar-refractivity contribution in [2.45, 2.75) is 44.9 Å². The van der Waals surface area contributed by atoms with Gasteiger partial charge >= 0.3 is 0 Å². The van der Waals surface area contributed by atoms with Crippen molar-refractivity contribution in [1.29, 1.82) is 0 Å². The lowest BCUT2D eigenvalue weighted by Crippen LogP contribution is -2.20. The topological polar surface area (TPSA) is 83.4 Å². The van der Waals surface area contributed by atoms with Crippen LogP contribution in [0.4, 0.5) is 0 Å². The van der Waals surface area contributed by atoms with Crippen LogP contribution in [0.25, 0.3) is 10.9 Å². The van der Waals surface area contributed by atoms with Gasteiger partial charge in [0.2, 0.25) is 0 Å². The predicted molar refractivity (Wildman–Crippen MR) is 128 cm³/mol. The number of hydrogen-bond acceptors (Lipinski definition) is 3. The molecule has 2 atom stereocenters. The number of aromatic nitrogens is 1. The van der Waals surface area contributed by atoms with E-state index >= 15 is 0 Å². The number of H-pyrrole nitrogens is 1. The molecule has 31 heavy (non-hydrogen) atoms. The smallest absolute Gasteiger partial charge is 0.150 e. The Bertz CT molecular complexity index is 1110. The Morgan fingerprint density at radius 1 is 1.16 bits per heavy atom. The van der Waals surface area contributed by atoms with Crippen LogP contribution in [-0.2, 0) is 6.42 Å². The van der Waals surface area contributed by atoms with Crippen molar-refractivity contribution in [3.63, 3.8) is 0 Å². The highest BCUT2D eigenvalue weighted by Gasteiger charge is 2.35. The molecule has 5 rings (SSSR count). The molecule has 1 aromatic heterocycles. The minimum atomic E-state index is 0.383. The van der Waals surface area contributed by atoms with E-state index < -0.39 is 0 Å². The highest BCUT2D eigenvalue weighted by atomic mass is 15.2. The molecule has 5 N–H and O–H groups in total. The van der Waals surface area contributed by atoms with Gasteiger partial charge in [0.1, 0.15) is 5.84 Å². The number of nitrogens with one attached hydrogen (secondary N) is 1. The average molecular weight is 416 g/mol. The van der Waals surface area contributed by atoms with Crippen molar-refractivity contribution in [3.05, 3.63) is 70.4 Å². The quantitative estimate of drug-likeness (QED) is 0.244. The Labute approximate surface area is 184 Å². The van der Waals surface area contributed by atoms with E-state index in [-0.39, 0.29) is 0 Å². The van der Waals surface area contributed by atoms with Gasteiger partial charge in [0.05, 0.1) is 0 Å². The largest absolute Gasteiger partial charge is 0.382 e. The van der Waals surface area contributed by atoms with Crippen LogP contribution in [0.5, 0.6) is 0 Å². The van der Waals surface area contributed by atoms with Crippen molar-refractivity contribution >= 4 is 16.7 Å². The number of aryl methyl sites for hydroxylation is 1. The number of likely N-dealkylation sites (tertiary alicyclic amines) is 1. The normalized spacial score (nSPS) is 22.5. The molecule has 2 heterocycles. The Balaban J connectivity index is 1.50. The van der Waals surface area contributed by atoms with Crippen molar-refractivity contribution in [1.82, 2.24) is 9.88 Å². The van der Waals surface area contributed by atoms with Crippen LogP contribution in [0.1, 0.15) is 59.4 Å². The van der Waals surface area contributed by atoms with Gasteiger partial charge in [-0.3, -0.25) is 0 Å². The maximum atomic E-state index is 5.89. The van der Waals surface area contributed by atoms with Crippen molar-refractivity contribution in [2.24, 2.45) is 22.6 Å². The third-order valence-electron chi connectivity index (χ3n) is 7.41. The van der Waals surface area contributed by atoms with Gasteiger partial charge in [-0.15, -0.1) is 0 Å². The zero-order chi connectivity index (χ0) is 21.5. The number of nitrogens with zero attached hydrogens (tertiary/aromatic N) is 2. The molecule has 0 bridgehead atoms. The van der Waals surface area contributed by atoms with E-state index in [1.165, 1.54) is 34.9 Å². The molecule has 2 aromatic carbocycles. The summed E-state index contributed by atoms with van der Waals surface area (Å²) in [5.74, 6) is 7.62. The van der Waals surface area contributed by atoms with Gasteiger partial charge in [-0.2, -0.15) is 5.10 Å². The molecule has 0 amide bonds. The van der Waals surface area contributed by atoms with Crippen molar-refractivity contribution < 1.29 is 0 Å². The van der Waals surface area contributed by atoms with Gasteiger partial charge < -0.3 is 21.5 Å². The second kappa shape index (κ2) is 8.04. The summed E-state index contributed by atoms with van der Waals surface area (Å²) < 4.78 is 0. The summed E-state index contributed by atoms with van der Waals surface area (Å²) in [4.78, 5) is 6.08. The van der Waals surface area contributed by atoms with Gasteiger partial charge in [0.25, 0.3) is 0 Å². The first kappa shape index (κ1) is 20.1. The van der Waals surface area contributed by atoms with E-state index in [9.17, 15) is 0 Å². The Kier molecular flexibility index (Phi) is 5.22. The SMILES string of the molecule is CCN1CC(Cc2c(C3CC3)cc(C)c3[nH]ccc23)[C@H](c2ccc(/C(N)=N/N)cc2)C1. The first-order valence-corrected chi connectivity index (χ1v) is 11.5. The maximum Gasteiger partial charge on any atom is 0.150 e. The standard InChI is InChI=1S/C26H33N5/c1-3-31-14-20(24(15-31)18-6-8-19(9-7-18)26(27)30-28)13-23-21-10-11-29-25(21)16(2)12-22(23)17-4-5-17/h6-12,17,20,24,29H,3-5,13-15,28H2,1-2H3,(H2,27,30)/t20?,24-/m0/s1. The Hall–Kier alpha value is -2.79. The third kappa shape index (κ3) is 3.72. The number of fused-ring (bicyclic) bond motifs is 1. The summed E-state index contributed by atoms with van der Waals surface area (Å²) in [7, 11) is 0. The van der Waals surface area contributed by atoms with Crippen molar-refractivity contribution in [3.8, 4) is 0 Å². The Morgan fingerprint density at radius 2 is 1.94 bits per heavy atom. The van der Waals surface area contributed by atoms with E-state index in [1.807, 2.05) is 0 Å². The second-order valence-electron chi connectivity index (χ2n) is 9.36. The molecule has 1 aliphatic carbocycles. The number of benzene rings is 2. The predicted octanol–water partition coefficient (Wildman–Crippen LogP) is 4.21. The molecular weight excluding hydrogens is 382 g/mol. The number of likely N-dealkylation sites (N-methyl/N-ethyl adjacent to an activating group) is 1. The van der Waals surface area contributed by atoms with E-state index in [0.29, 0.717) is 17.7 Å². The number of nitrogens with two attached hydrogens (primary N) is 2. The molecule has 1 saturated carbocycles. The molecule has 5 heteroatoms. The maximum absolute atomic E-state index is 5.89. The molecule has 0 radical (unpaired) electrons. The molecule has 2 aliphatic rings. The van der Waals surface area contributed by atoms with Crippen molar-refractivity contribution in [2.75, 3.05) is 19.6 Å². The molecule has 1 aliphatic heterocycles. The second-order valence-corrected chi connectivity index (χ2v) is 9.36. The zero-order valence-electron chi connectivity index (χ0n) is 18.6. The van der Waals surface area contributed by atoms with Crippen LogP contribution in [0.3, 0.4) is 0 Å². The summed E-state index contributed by atoms with van der Waals surface area (Å²) in [6.07, 6.45) is 5.91. The van der Waals surface area contributed by atoms with Gasteiger partial charge in [-0.1, -0.05) is 37.3 Å². The van der Waals surface area contributed by atoms with Gasteiger partial charge in [0.15, 0.2) is 0 Å². The molecule has 162 valence electrons. The summed E-state index contributed by atoms with van der Waals surface area (Å²) in [5, 5.41) is 5.06. The number of rotatable bonds is 6. The number of aromatic amines is 1. The van der Waals surface area contributed by atoms with Crippen LogP contribution in [0, 0.1) is 12.8 Å². The molecule has 1 unspecified atom stereocenters. The summed E-state index contributed by atoms with van der Waals surface area (Å²) >= 11 is 0.